The second-order valence-electron chi connectivity index (χ2n) is 8.18. The predicted molar refractivity (Wildman–Crippen MR) is 130 cm³/mol. The number of benzene rings is 2. The average Bonchev–Trinajstić information content (AvgIpc) is 2.88. The fourth-order valence-corrected chi connectivity index (χ4v) is 4.23. The van der Waals surface area contributed by atoms with Gasteiger partial charge in [-0.05, 0) is 18.2 Å². The van der Waals surface area contributed by atoms with Gasteiger partial charge in [0.15, 0.2) is 11.5 Å². The van der Waals surface area contributed by atoms with Gasteiger partial charge >= 0.3 is 0 Å². The van der Waals surface area contributed by atoms with Crippen LogP contribution in [0.3, 0.4) is 0 Å². The van der Waals surface area contributed by atoms with E-state index in [1.165, 1.54) is 0 Å². The molecule has 1 saturated heterocycles. The van der Waals surface area contributed by atoms with Gasteiger partial charge in [0, 0.05) is 55.5 Å². The Kier molecular flexibility index (Phi) is 7.05. The van der Waals surface area contributed by atoms with E-state index in [4.69, 9.17) is 18.9 Å². The van der Waals surface area contributed by atoms with E-state index in [1.54, 1.807) is 30.6 Å². The second-order valence-corrected chi connectivity index (χ2v) is 8.18. The first-order valence-corrected chi connectivity index (χ1v) is 11.6. The van der Waals surface area contributed by atoms with Crippen LogP contribution in [0.1, 0.15) is 0 Å². The lowest BCUT2D eigenvalue weighted by Crippen LogP contribution is -2.46. The molecule has 0 unspecified atom stereocenters. The molecular formula is C24H27N5O6. The van der Waals surface area contributed by atoms with Crippen LogP contribution in [0.5, 0.6) is 11.5 Å². The summed E-state index contributed by atoms with van der Waals surface area (Å²) in [6.07, 6.45) is 1.57. The Morgan fingerprint density at radius 1 is 0.771 bits per heavy atom. The van der Waals surface area contributed by atoms with Crippen molar-refractivity contribution in [2.75, 3.05) is 75.6 Å². The summed E-state index contributed by atoms with van der Waals surface area (Å²) in [6, 6.07) is 10.5. The minimum absolute atomic E-state index is 0.0949. The summed E-state index contributed by atoms with van der Waals surface area (Å²) in [5.74, 6) is 2.09. The van der Waals surface area contributed by atoms with E-state index < -0.39 is 0 Å². The Balaban J connectivity index is 1.34. The van der Waals surface area contributed by atoms with Crippen molar-refractivity contribution in [1.82, 2.24) is 9.97 Å². The van der Waals surface area contributed by atoms with Gasteiger partial charge in [-0.3, -0.25) is 10.1 Å². The number of aromatic nitrogens is 2. The SMILES string of the molecule is O=[N+]([O-])c1ccc(N2CCN(c3ncnc4cc5c(cc34)OCCOCCOCCO5)CC2)cc1. The van der Waals surface area contributed by atoms with Crippen molar-refractivity contribution >= 4 is 28.1 Å². The van der Waals surface area contributed by atoms with Crippen LogP contribution in [-0.4, -0.2) is 80.7 Å². The monoisotopic (exact) mass is 481 g/mol. The number of fused-ring (bicyclic) bond motifs is 2. The molecule has 0 saturated carbocycles. The summed E-state index contributed by atoms with van der Waals surface area (Å²) in [4.78, 5) is 24.0. The molecule has 5 rings (SSSR count). The minimum Gasteiger partial charge on any atom is -0.487 e. The number of nitrogens with zero attached hydrogens (tertiary/aromatic N) is 5. The molecule has 0 aliphatic carbocycles. The van der Waals surface area contributed by atoms with E-state index in [0.29, 0.717) is 51.1 Å². The van der Waals surface area contributed by atoms with Gasteiger partial charge in [0.1, 0.15) is 25.4 Å². The van der Waals surface area contributed by atoms with Crippen molar-refractivity contribution in [3.8, 4) is 11.5 Å². The molecule has 0 amide bonds. The van der Waals surface area contributed by atoms with Gasteiger partial charge < -0.3 is 28.7 Å². The topological polar surface area (TPSA) is 112 Å². The molecule has 3 heterocycles. The first-order chi connectivity index (χ1) is 17.2. The van der Waals surface area contributed by atoms with E-state index >= 15 is 0 Å². The number of hydrogen-bond donors (Lipinski definition) is 0. The third kappa shape index (κ3) is 5.36. The fourth-order valence-electron chi connectivity index (χ4n) is 4.23. The molecule has 0 bridgehead atoms. The van der Waals surface area contributed by atoms with Crippen LogP contribution >= 0.6 is 0 Å². The number of nitro groups is 1. The Morgan fingerprint density at radius 3 is 2.03 bits per heavy atom. The number of hydrogen-bond acceptors (Lipinski definition) is 10. The van der Waals surface area contributed by atoms with Gasteiger partial charge in [-0.2, -0.15) is 0 Å². The zero-order valence-electron chi connectivity index (χ0n) is 19.3. The molecule has 0 atom stereocenters. The highest BCUT2D eigenvalue weighted by Crippen LogP contribution is 2.36. The molecule has 0 N–H and O–H groups in total. The lowest BCUT2D eigenvalue weighted by Gasteiger charge is -2.37. The molecule has 2 aliphatic rings. The first-order valence-electron chi connectivity index (χ1n) is 11.6. The molecule has 35 heavy (non-hydrogen) atoms. The van der Waals surface area contributed by atoms with Crippen LogP contribution in [0, 0.1) is 10.1 Å². The molecule has 2 aromatic carbocycles. The first kappa shape index (κ1) is 23.1. The Morgan fingerprint density at radius 2 is 1.37 bits per heavy atom. The molecule has 184 valence electrons. The molecule has 1 fully saturated rings. The van der Waals surface area contributed by atoms with Crippen molar-refractivity contribution in [1.29, 1.82) is 0 Å². The molecular weight excluding hydrogens is 454 g/mol. The highest BCUT2D eigenvalue weighted by atomic mass is 16.6. The van der Waals surface area contributed by atoms with Gasteiger partial charge in [0.25, 0.3) is 5.69 Å². The number of anilines is 2. The Bertz CT molecular complexity index is 1170. The molecule has 0 spiro atoms. The summed E-state index contributed by atoms with van der Waals surface area (Å²) in [7, 11) is 0. The lowest BCUT2D eigenvalue weighted by atomic mass is 10.1. The maximum atomic E-state index is 10.9. The van der Waals surface area contributed by atoms with Gasteiger partial charge in [-0.1, -0.05) is 0 Å². The Hall–Kier alpha value is -3.70. The summed E-state index contributed by atoms with van der Waals surface area (Å²) >= 11 is 0. The second kappa shape index (κ2) is 10.7. The fraction of sp³-hybridized carbons (Fsp3) is 0.417. The van der Waals surface area contributed by atoms with E-state index in [2.05, 4.69) is 19.8 Å². The number of piperazine rings is 1. The van der Waals surface area contributed by atoms with Crippen molar-refractivity contribution in [2.45, 2.75) is 0 Å². The van der Waals surface area contributed by atoms with Gasteiger partial charge in [0.05, 0.1) is 36.9 Å². The molecule has 1 aromatic heterocycles. The molecule has 2 aliphatic heterocycles. The highest BCUT2D eigenvalue weighted by Gasteiger charge is 2.22. The molecule has 11 nitrogen and oxygen atoms in total. The summed E-state index contributed by atoms with van der Waals surface area (Å²) < 4.78 is 23.0. The number of non-ortho nitro benzene ring substituents is 1. The van der Waals surface area contributed by atoms with Crippen LogP contribution in [0.25, 0.3) is 10.9 Å². The molecule has 3 aromatic rings. The molecule has 11 heteroatoms. The zero-order valence-corrected chi connectivity index (χ0v) is 19.3. The van der Waals surface area contributed by atoms with Crippen molar-refractivity contribution in [3.63, 3.8) is 0 Å². The Labute approximate surface area is 202 Å². The van der Waals surface area contributed by atoms with E-state index in [-0.39, 0.29) is 10.6 Å². The van der Waals surface area contributed by atoms with Gasteiger partial charge in [-0.15, -0.1) is 0 Å². The maximum Gasteiger partial charge on any atom is 0.269 e. The summed E-state index contributed by atoms with van der Waals surface area (Å²) in [6.45, 7) is 5.84. The van der Waals surface area contributed by atoms with Crippen molar-refractivity contribution < 1.29 is 23.9 Å². The van der Waals surface area contributed by atoms with Crippen LogP contribution < -0.4 is 19.3 Å². The van der Waals surface area contributed by atoms with Crippen molar-refractivity contribution in [2.24, 2.45) is 0 Å². The number of rotatable bonds is 3. The van der Waals surface area contributed by atoms with Gasteiger partial charge in [-0.25, -0.2) is 9.97 Å². The van der Waals surface area contributed by atoms with Crippen LogP contribution in [0.15, 0.2) is 42.7 Å². The number of nitro benzene ring substituents is 1. The smallest absolute Gasteiger partial charge is 0.269 e. The maximum absolute atomic E-state index is 10.9. The predicted octanol–water partition coefficient (Wildman–Crippen LogP) is 2.67. The van der Waals surface area contributed by atoms with Crippen molar-refractivity contribution in [3.05, 3.63) is 52.8 Å². The standard InChI is InChI=1S/C24H27N5O6/c30-29(31)19-3-1-18(2-4-19)27-5-7-28(8-6-27)24-20-15-22-23(16-21(20)25-17-26-24)35-14-12-33-10-9-32-11-13-34-22/h1-4,15-17H,5-14H2. The van der Waals surface area contributed by atoms with Crippen LogP contribution in [0.2, 0.25) is 0 Å². The molecule has 0 radical (unpaired) electrons. The highest BCUT2D eigenvalue weighted by molar-refractivity contribution is 5.92. The number of ether oxygens (including phenoxy) is 4. The average molecular weight is 482 g/mol. The van der Waals surface area contributed by atoms with E-state index in [1.807, 2.05) is 12.1 Å². The quantitative estimate of drug-likeness (QED) is 0.409. The van der Waals surface area contributed by atoms with Crippen LogP contribution in [0.4, 0.5) is 17.2 Å². The lowest BCUT2D eigenvalue weighted by molar-refractivity contribution is -0.384. The van der Waals surface area contributed by atoms with E-state index in [9.17, 15) is 10.1 Å². The summed E-state index contributed by atoms with van der Waals surface area (Å²) in [5, 5.41) is 11.8. The largest absolute Gasteiger partial charge is 0.487 e. The third-order valence-electron chi connectivity index (χ3n) is 6.03. The van der Waals surface area contributed by atoms with Gasteiger partial charge in [0.2, 0.25) is 0 Å². The third-order valence-corrected chi connectivity index (χ3v) is 6.03. The summed E-state index contributed by atoms with van der Waals surface area (Å²) in [5.41, 5.74) is 1.84. The normalized spacial score (nSPS) is 17.5. The van der Waals surface area contributed by atoms with E-state index in [0.717, 1.165) is 48.6 Å². The van der Waals surface area contributed by atoms with Crippen LogP contribution in [-0.2, 0) is 9.47 Å². The zero-order chi connectivity index (χ0) is 24.0. The minimum atomic E-state index is -0.383.